The third-order valence-electron chi connectivity index (χ3n) is 3.13. The molecule has 0 aromatic heterocycles. The molecule has 0 saturated carbocycles. The molecule has 0 bridgehead atoms. The molecule has 90 valence electrons. The number of aliphatic hydroxyl groups is 1. The summed E-state index contributed by atoms with van der Waals surface area (Å²) in [6, 6.07) is 0.740. The summed E-state index contributed by atoms with van der Waals surface area (Å²) in [4.78, 5) is 2.20. The fraction of sp³-hybridized carbons (Fsp3) is 1.00. The molecule has 1 saturated heterocycles. The number of likely N-dealkylation sites (N-methyl/N-ethyl adjacent to an activating group) is 1. The van der Waals surface area contributed by atoms with Crippen molar-refractivity contribution in [3.63, 3.8) is 0 Å². The van der Waals surface area contributed by atoms with Gasteiger partial charge < -0.3 is 15.3 Å². The second-order valence-electron chi connectivity index (χ2n) is 6.11. The van der Waals surface area contributed by atoms with Gasteiger partial charge in [0.2, 0.25) is 0 Å². The number of nitrogens with zero attached hydrogens (tertiary/aromatic N) is 1. The van der Waals surface area contributed by atoms with Gasteiger partial charge in [-0.15, -0.1) is 0 Å². The lowest BCUT2D eigenvalue weighted by Crippen LogP contribution is -2.58. The van der Waals surface area contributed by atoms with Crippen LogP contribution in [-0.4, -0.2) is 48.8 Å². The molecule has 0 aliphatic carbocycles. The zero-order valence-electron chi connectivity index (χ0n) is 10.7. The van der Waals surface area contributed by atoms with Gasteiger partial charge in [0.15, 0.2) is 0 Å². The zero-order valence-corrected chi connectivity index (χ0v) is 10.7. The molecule has 1 aliphatic heterocycles. The molecule has 0 aromatic rings. The van der Waals surface area contributed by atoms with Crippen LogP contribution in [0, 0.1) is 5.41 Å². The van der Waals surface area contributed by atoms with Crippen molar-refractivity contribution in [3.05, 3.63) is 0 Å². The van der Waals surface area contributed by atoms with Crippen LogP contribution >= 0.6 is 0 Å². The van der Waals surface area contributed by atoms with Crippen molar-refractivity contribution in [2.75, 3.05) is 20.6 Å². The Kier molecular flexibility index (Phi) is 4.15. The number of nitrogens with one attached hydrogen (secondary N) is 1. The summed E-state index contributed by atoms with van der Waals surface area (Å²) >= 11 is 0. The molecule has 15 heavy (non-hydrogen) atoms. The maximum atomic E-state index is 9.98. The highest BCUT2D eigenvalue weighted by Crippen LogP contribution is 2.28. The fourth-order valence-corrected chi connectivity index (χ4v) is 2.40. The summed E-state index contributed by atoms with van der Waals surface area (Å²) in [5.41, 5.74) is 0.129. The van der Waals surface area contributed by atoms with Gasteiger partial charge in [0.1, 0.15) is 0 Å². The Morgan fingerprint density at radius 1 is 1.27 bits per heavy atom. The Bertz CT molecular complexity index is 198. The number of piperidine rings is 1. The lowest BCUT2D eigenvalue weighted by molar-refractivity contribution is 0.0257. The maximum absolute atomic E-state index is 9.98. The molecule has 1 heterocycles. The molecular weight excluding hydrogens is 188 g/mol. The maximum Gasteiger partial charge on any atom is 0.0699 e. The van der Waals surface area contributed by atoms with Crippen molar-refractivity contribution in [1.82, 2.24) is 10.2 Å². The first-order valence-electron chi connectivity index (χ1n) is 5.89. The molecule has 0 aromatic carbocycles. The van der Waals surface area contributed by atoms with Crippen molar-refractivity contribution >= 4 is 0 Å². The summed E-state index contributed by atoms with van der Waals surface area (Å²) in [7, 11) is 4.19. The van der Waals surface area contributed by atoms with E-state index in [1.54, 1.807) is 0 Å². The molecule has 0 amide bonds. The van der Waals surface area contributed by atoms with Gasteiger partial charge in [0, 0.05) is 18.6 Å². The largest absolute Gasteiger partial charge is 0.391 e. The van der Waals surface area contributed by atoms with E-state index in [4.69, 9.17) is 0 Å². The Labute approximate surface area is 93.9 Å². The summed E-state index contributed by atoms with van der Waals surface area (Å²) < 4.78 is 0. The first kappa shape index (κ1) is 12.9. The van der Waals surface area contributed by atoms with Crippen LogP contribution in [0.1, 0.15) is 33.6 Å². The van der Waals surface area contributed by atoms with E-state index < -0.39 is 0 Å². The van der Waals surface area contributed by atoms with Crippen LogP contribution in [0.3, 0.4) is 0 Å². The molecule has 3 heteroatoms. The minimum absolute atomic E-state index is 0.129. The van der Waals surface area contributed by atoms with Gasteiger partial charge in [0.05, 0.1) is 6.10 Å². The summed E-state index contributed by atoms with van der Waals surface area (Å²) in [6.07, 6.45) is 1.81. The smallest absolute Gasteiger partial charge is 0.0699 e. The van der Waals surface area contributed by atoms with E-state index in [-0.39, 0.29) is 17.6 Å². The number of hydrogen-bond acceptors (Lipinski definition) is 3. The summed E-state index contributed by atoms with van der Waals surface area (Å²) in [5.74, 6) is 0. The van der Waals surface area contributed by atoms with E-state index in [1.807, 2.05) is 0 Å². The number of rotatable bonds is 2. The first-order chi connectivity index (χ1) is 6.80. The molecule has 2 N–H and O–H groups in total. The van der Waals surface area contributed by atoms with E-state index in [2.05, 4.69) is 45.1 Å². The van der Waals surface area contributed by atoms with Crippen LogP contribution < -0.4 is 5.32 Å². The van der Waals surface area contributed by atoms with Crippen molar-refractivity contribution in [1.29, 1.82) is 0 Å². The van der Waals surface area contributed by atoms with Gasteiger partial charge in [-0.25, -0.2) is 0 Å². The standard InChI is InChI=1S/C12H26N2O/c1-12(2,3)11-10(15)7-6-9(13-11)8-14(4)5/h9-11,13,15H,6-8H2,1-5H3. The number of hydrogen-bond donors (Lipinski definition) is 2. The highest BCUT2D eigenvalue weighted by molar-refractivity contribution is 4.94. The molecular formula is C12H26N2O. The van der Waals surface area contributed by atoms with E-state index in [0.717, 1.165) is 19.4 Å². The molecule has 0 radical (unpaired) electrons. The van der Waals surface area contributed by atoms with Gasteiger partial charge in [-0.05, 0) is 32.4 Å². The van der Waals surface area contributed by atoms with Crippen LogP contribution in [-0.2, 0) is 0 Å². The monoisotopic (exact) mass is 214 g/mol. The molecule has 1 aliphatic rings. The Balaban J connectivity index is 2.56. The topological polar surface area (TPSA) is 35.5 Å². The van der Waals surface area contributed by atoms with Crippen LogP contribution in [0.25, 0.3) is 0 Å². The van der Waals surface area contributed by atoms with Crippen molar-refractivity contribution in [3.8, 4) is 0 Å². The lowest BCUT2D eigenvalue weighted by Gasteiger charge is -2.42. The van der Waals surface area contributed by atoms with Gasteiger partial charge in [0.25, 0.3) is 0 Å². The fourth-order valence-electron chi connectivity index (χ4n) is 2.40. The van der Waals surface area contributed by atoms with Crippen molar-refractivity contribution < 1.29 is 5.11 Å². The Hall–Kier alpha value is -0.120. The first-order valence-corrected chi connectivity index (χ1v) is 5.89. The second-order valence-corrected chi connectivity index (χ2v) is 6.11. The van der Waals surface area contributed by atoms with Gasteiger partial charge in [-0.3, -0.25) is 0 Å². The van der Waals surface area contributed by atoms with Gasteiger partial charge in [-0.1, -0.05) is 20.8 Å². The third kappa shape index (κ3) is 3.74. The van der Waals surface area contributed by atoms with Crippen molar-refractivity contribution in [2.45, 2.75) is 51.8 Å². The van der Waals surface area contributed by atoms with E-state index in [1.165, 1.54) is 0 Å². The van der Waals surface area contributed by atoms with Crippen LogP contribution in [0.5, 0.6) is 0 Å². The third-order valence-corrected chi connectivity index (χ3v) is 3.13. The Morgan fingerprint density at radius 3 is 2.33 bits per heavy atom. The van der Waals surface area contributed by atoms with Crippen molar-refractivity contribution in [2.24, 2.45) is 5.41 Å². The number of aliphatic hydroxyl groups excluding tert-OH is 1. The van der Waals surface area contributed by atoms with Gasteiger partial charge >= 0.3 is 0 Å². The van der Waals surface area contributed by atoms with Crippen LogP contribution in [0.15, 0.2) is 0 Å². The molecule has 0 spiro atoms. The van der Waals surface area contributed by atoms with Gasteiger partial charge in [-0.2, -0.15) is 0 Å². The van der Waals surface area contributed by atoms with E-state index in [0.29, 0.717) is 6.04 Å². The highest BCUT2D eigenvalue weighted by Gasteiger charge is 2.36. The minimum atomic E-state index is -0.191. The molecule has 3 nitrogen and oxygen atoms in total. The average Bonchev–Trinajstić information content (AvgIpc) is 2.05. The normalized spacial score (nSPS) is 33.4. The predicted molar refractivity (Wildman–Crippen MR) is 64.0 cm³/mol. The minimum Gasteiger partial charge on any atom is -0.391 e. The lowest BCUT2D eigenvalue weighted by atomic mass is 9.79. The predicted octanol–water partition coefficient (Wildman–Crippen LogP) is 1.08. The Morgan fingerprint density at radius 2 is 1.87 bits per heavy atom. The molecule has 3 atom stereocenters. The van der Waals surface area contributed by atoms with E-state index in [9.17, 15) is 5.11 Å². The summed E-state index contributed by atoms with van der Waals surface area (Å²) in [5, 5.41) is 13.6. The molecule has 1 fully saturated rings. The van der Waals surface area contributed by atoms with Crippen LogP contribution in [0.2, 0.25) is 0 Å². The second kappa shape index (κ2) is 4.81. The van der Waals surface area contributed by atoms with Crippen LogP contribution in [0.4, 0.5) is 0 Å². The quantitative estimate of drug-likeness (QED) is 0.722. The molecule has 1 rings (SSSR count). The highest BCUT2D eigenvalue weighted by atomic mass is 16.3. The average molecular weight is 214 g/mol. The molecule has 3 unspecified atom stereocenters. The van der Waals surface area contributed by atoms with E-state index >= 15 is 0 Å². The zero-order chi connectivity index (χ0) is 11.6. The summed E-state index contributed by atoms with van der Waals surface area (Å²) in [6.45, 7) is 7.61. The SMILES string of the molecule is CN(C)CC1CCC(O)C(C(C)(C)C)N1.